The van der Waals surface area contributed by atoms with Crippen molar-refractivity contribution < 1.29 is 21.9 Å². The molecule has 2 aliphatic rings. The molecule has 0 bridgehead atoms. The highest BCUT2D eigenvalue weighted by atomic mass is 16.1. The van der Waals surface area contributed by atoms with Gasteiger partial charge >= 0.3 is 0 Å². The van der Waals surface area contributed by atoms with Crippen LogP contribution >= 0.6 is 0 Å². The van der Waals surface area contributed by atoms with Gasteiger partial charge in [-0.25, -0.2) is 0 Å². The van der Waals surface area contributed by atoms with E-state index in [1.165, 1.54) is 24.3 Å². The fourth-order valence-electron chi connectivity index (χ4n) is 1.93. The molecule has 2 unspecified atom stereocenters. The predicted molar refractivity (Wildman–Crippen MR) is 60.6 cm³/mol. The number of carbonyl (C=O) groups excluding carboxylic acids is 2. The summed E-state index contributed by atoms with van der Waals surface area (Å²) in [5.41, 5.74) is -0.491. The van der Waals surface area contributed by atoms with Gasteiger partial charge in [0.25, 0.3) is 0 Å². The molecule has 1 aromatic carbocycles. The third-order valence-electron chi connectivity index (χ3n) is 2.71. The summed E-state index contributed by atoms with van der Waals surface area (Å²) in [5, 5.41) is 0. The third-order valence-corrected chi connectivity index (χ3v) is 2.71. The highest BCUT2D eigenvalue weighted by molar-refractivity contribution is 6.16. The number of rotatable bonds is 0. The minimum Gasteiger partial charge on any atom is -0.294 e. The van der Waals surface area contributed by atoms with Gasteiger partial charge in [0.05, 0.1) is 0 Å². The second-order valence-corrected chi connectivity index (χ2v) is 3.60. The summed E-state index contributed by atoms with van der Waals surface area (Å²) in [7, 11) is 0. The van der Waals surface area contributed by atoms with Crippen molar-refractivity contribution in [1.82, 2.24) is 0 Å². The second-order valence-electron chi connectivity index (χ2n) is 3.60. The Labute approximate surface area is 107 Å². The first-order valence-electron chi connectivity index (χ1n) is 9.35. The Morgan fingerprint density at radius 3 is 2.44 bits per heavy atom. The van der Waals surface area contributed by atoms with Crippen LogP contribution in [-0.4, -0.2) is 11.6 Å². The lowest BCUT2D eigenvalue weighted by Crippen LogP contribution is -2.38. The number of hydrogen-bond donors (Lipinski definition) is 0. The molecule has 2 nitrogen and oxygen atoms in total. The molecule has 1 aromatic rings. The van der Waals surface area contributed by atoms with Gasteiger partial charge in [-0.05, 0) is 12.7 Å². The van der Waals surface area contributed by atoms with Crippen LogP contribution < -0.4 is 0 Å². The number of ketones is 2. The molecule has 0 amide bonds. The normalized spacial score (nSPS) is 54.0. The average molecular weight is 223 g/mol. The molecule has 0 radical (unpaired) electrons. The molecular formula is C14H14O2. The fraction of sp³-hybridized carbons (Fsp3) is 0.429. The largest absolute Gasteiger partial charge is 0.294 e. The first kappa shape index (κ1) is 4.10. The van der Waals surface area contributed by atoms with Gasteiger partial charge in [-0.15, -0.1) is 0 Å². The van der Waals surface area contributed by atoms with Crippen LogP contribution in [0.5, 0.6) is 0 Å². The lowest BCUT2D eigenvalue weighted by atomic mass is 9.67. The zero-order valence-electron chi connectivity index (χ0n) is 17.2. The van der Waals surface area contributed by atoms with Crippen molar-refractivity contribution in [3.8, 4) is 0 Å². The minimum atomic E-state index is -3.52. The highest BCUT2D eigenvalue weighted by Crippen LogP contribution is 2.39. The van der Waals surface area contributed by atoms with Gasteiger partial charge in [-0.3, -0.25) is 9.59 Å². The molecule has 82 valence electrons. The number of benzene rings is 1. The monoisotopic (exact) mass is 223 g/mol. The van der Waals surface area contributed by atoms with Crippen molar-refractivity contribution in [3.05, 3.63) is 35.4 Å². The van der Waals surface area contributed by atoms with Crippen LogP contribution in [-0.2, 0) is 0 Å². The quantitative estimate of drug-likeness (QED) is 0.677. The van der Waals surface area contributed by atoms with Crippen LogP contribution in [0.3, 0.4) is 0 Å². The SMILES string of the molecule is [2H]C1([2H])C2C(=O)c3ccccc3C(=O)C2([2H])C([2H])([2H])C([2H])([2H])C1([2H])[2H]. The standard InChI is InChI=1S/C14H14O2/c15-13-9-5-1-2-6-10(9)14(16)12-8-4-3-7-11(12)13/h1-2,5-6,11-12H,3-4,7-8H2/i3D2,4D2,7D2,8D2,11D. The van der Waals surface area contributed by atoms with E-state index in [-0.39, 0.29) is 11.1 Å². The van der Waals surface area contributed by atoms with Crippen LogP contribution in [0.25, 0.3) is 0 Å². The fourth-order valence-corrected chi connectivity index (χ4v) is 1.93. The van der Waals surface area contributed by atoms with E-state index >= 15 is 0 Å². The van der Waals surface area contributed by atoms with Crippen LogP contribution in [0.2, 0.25) is 0 Å². The summed E-state index contributed by atoms with van der Waals surface area (Å²) < 4.78 is 72.2. The molecule has 0 spiro atoms. The van der Waals surface area contributed by atoms with E-state index in [1.807, 2.05) is 0 Å². The van der Waals surface area contributed by atoms with E-state index in [2.05, 4.69) is 0 Å². The summed E-state index contributed by atoms with van der Waals surface area (Å²) >= 11 is 0. The molecule has 0 N–H and O–H groups in total. The molecule has 16 heavy (non-hydrogen) atoms. The maximum atomic E-state index is 12.9. The van der Waals surface area contributed by atoms with E-state index in [0.717, 1.165) is 0 Å². The summed E-state index contributed by atoms with van der Waals surface area (Å²) in [6, 6.07) is 5.25. The third kappa shape index (κ3) is 1.26. The van der Waals surface area contributed by atoms with Crippen LogP contribution in [0.4, 0.5) is 0 Å². The minimum absolute atomic E-state index is 0.210. The topological polar surface area (TPSA) is 34.1 Å². The summed E-state index contributed by atoms with van der Waals surface area (Å²) in [4.78, 5) is 25.7. The average Bonchev–Trinajstić information content (AvgIpc) is 2.51. The Bertz CT molecular complexity index is 801. The van der Waals surface area contributed by atoms with Crippen molar-refractivity contribution >= 4 is 11.6 Å². The van der Waals surface area contributed by atoms with E-state index in [9.17, 15) is 9.59 Å². The van der Waals surface area contributed by atoms with Crippen molar-refractivity contribution in [3.63, 3.8) is 0 Å². The Balaban J connectivity index is 2.44. The van der Waals surface area contributed by atoms with E-state index in [1.54, 1.807) is 0 Å². The van der Waals surface area contributed by atoms with Crippen molar-refractivity contribution in [2.45, 2.75) is 25.5 Å². The predicted octanol–water partition coefficient (Wildman–Crippen LogP) is 2.87. The molecule has 0 heterocycles. The Hall–Kier alpha value is -1.44. The Morgan fingerprint density at radius 2 is 1.69 bits per heavy atom. The van der Waals surface area contributed by atoms with E-state index < -0.39 is 48.9 Å². The van der Waals surface area contributed by atoms with Crippen LogP contribution in [0.1, 0.15) is 58.5 Å². The number of carbonyl (C=O) groups is 2. The van der Waals surface area contributed by atoms with Gasteiger partial charge in [0.2, 0.25) is 0 Å². The van der Waals surface area contributed by atoms with Crippen molar-refractivity contribution in [2.75, 3.05) is 0 Å². The van der Waals surface area contributed by atoms with Gasteiger partial charge in [0.1, 0.15) is 0 Å². The molecule has 2 atom stereocenters. The van der Waals surface area contributed by atoms with Gasteiger partial charge in [-0.1, -0.05) is 37.0 Å². The van der Waals surface area contributed by atoms with Gasteiger partial charge in [0.15, 0.2) is 11.6 Å². The van der Waals surface area contributed by atoms with E-state index in [4.69, 9.17) is 12.3 Å². The van der Waals surface area contributed by atoms with Crippen molar-refractivity contribution in [2.24, 2.45) is 11.8 Å². The van der Waals surface area contributed by atoms with Gasteiger partial charge in [-0.2, -0.15) is 0 Å². The lowest BCUT2D eigenvalue weighted by Gasteiger charge is -2.33. The number of hydrogen-bond acceptors (Lipinski definition) is 2. The zero-order chi connectivity index (χ0) is 19.2. The summed E-state index contributed by atoms with van der Waals surface area (Å²) in [6.07, 6.45) is -13.7. The van der Waals surface area contributed by atoms with Crippen LogP contribution in [0, 0.1) is 11.8 Å². The maximum absolute atomic E-state index is 12.9. The van der Waals surface area contributed by atoms with Crippen LogP contribution in [0.15, 0.2) is 24.3 Å². The molecule has 0 aromatic heterocycles. The molecule has 1 fully saturated rings. The molecule has 2 aliphatic carbocycles. The molecule has 0 saturated heterocycles. The molecule has 0 aliphatic heterocycles. The van der Waals surface area contributed by atoms with Crippen molar-refractivity contribution in [1.29, 1.82) is 0 Å². The van der Waals surface area contributed by atoms with E-state index in [0.29, 0.717) is 0 Å². The Morgan fingerprint density at radius 1 is 1.06 bits per heavy atom. The lowest BCUT2D eigenvalue weighted by molar-refractivity contribution is 0.0677. The number of fused-ring (bicyclic) bond motifs is 2. The maximum Gasteiger partial charge on any atom is 0.167 e. The smallest absolute Gasteiger partial charge is 0.167 e. The second kappa shape index (κ2) is 3.55. The van der Waals surface area contributed by atoms with Gasteiger partial charge in [0, 0.05) is 35.3 Å². The summed E-state index contributed by atoms with van der Waals surface area (Å²) in [5.74, 6) is -7.73. The van der Waals surface area contributed by atoms with Gasteiger partial charge < -0.3 is 0 Å². The summed E-state index contributed by atoms with van der Waals surface area (Å²) in [6.45, 7) is 0. The molecule has 3 rings (SSSR count). The highest BCUT2D eigenvalue weighted by Gasteiger charge is 2.41. The molecule has 1 saturated carbocycles. The zero-order valence-corrected chi connectivity index (χ0v) is 8.20. The molecule has 2 heteroatoms. The first-order chi connectivity index (χ1) is 11.2. The molecular weight excluding hydrogens is 200 g/mol. The number of Topliss-reactive ketones (excluding diaryl/α,β-unsaturated/α-hetero) is 2. The first-order valence-corrected chi connectivity index (χ1v) is 4.85. The Kier molecular flexibility index (Phi) is 0.908.